The third kappa shape index (κ3) is 2.11. The van der Waals surface area contributed by atoms with E-state index in [0.717, 1.165) is 5.38 Å². The number of aldehydes is 1. The van der Waals surface area contributed by atoms with Crippen LogP contribution in [0.25, 0.3) is 0 Å². The van der Waals surface area contributed by atoms with Gasteiger partial charge in [-0.3, -0.25) is 9.59 Å². The number of hydrogen-bond acceptors (Lipinski definition) is 4. The number of carbonyl (C=O) groups is 2. The number of hydrogen-bond donors (Lipinski definition) is 0. The lowest BCUT2D eigenvalue weighted by Crippen LogP contribution is -2.06. The molecular formula is C6H2F3NO2S. The fourth-order valence-corrected chi connectivity index (χ4v) is 1.25. The Morgan fingerprint density at radius 3 is 2.54 bits per heavy atom. The van der Waals surface area contributed by atoms with Crippen molar-refractivity contribution in [2.45, 2.75) is 6.18 Å². The summed E-state index contributed by atoms with van der Waals surface area (Å²) in [6.07, 6.45) is -4.64. The highest BCUT2D eigenvalue weighted by molar-refractivity contribution is 7.10. The van der Waals surface area contributed by atoms with Crippen LogP contribution in [0.1, 0.15) is 15.5 Å². The molecule has 0 radical (unpaired) electrons. The lowest BCUT2D eigenvalue weighted by Gasteiger charge is -1.98. The Labute approximate surface area is 74.2 Å². The maximum absolute atomic E-state index is 11.9. The number of alkyl halides is 3. The molecular weight excluding hydrogens is 207 g/mol. The van der Waals surface area contributed by atoms with E-state index in [4.69, 9.17) is 0 Å². The van der Waals surface area contributed by atoms with Crippen molar-refractivity contribution in [2.75, 3.05) is 0 Å². The van der Waals surface area contributed by atoms with Crippen LogP contribution in [0.5, 0.6) is 0 Å². The number of halogens is 3. The van der Waals surface area contributed by atoms with Gasteiger partial charge in [0.05, 0.1) is 0 Å². The first-order chi connectivity index (χ1) is 5.95. The molecule has 0 N–H and O–H groups in total. The van der Waals surface area contributed by atoms with Crippen LogP contribution < -0.4 is 0 Å². The summed E-state index contributed by atoms with van der Waals surface area (Å²) in [5.41, 5.74) is -0.465. The van der Waals surface area contributed by atoms with E-state index in [9.17, 15) is 22.8 Å². The van der Waals surface area contributed by atoms with Gasteiger partial charge in [-0.2, -0.15) is 13.2 Å². The number of ketones is 1. The molecule has 0 aliphatic carbocycles. The fraction of sp³-hybridized carbons (Fsp3) is 0.167. The molecule has 0 aromatic carbocycles. The zero-order valence-corrected chi connectivity index (χ0v) is 6.78. The highest BCUT2D eigenvalue weighted by Gasteiger charge is 2.35. The first-order valence-corrected chi connectivity index (χ1v) is 3.85. The van der Waals surface area contributed by atoms with Crippen LogP contribution in [0.3, 0.4) is 0 Å². The number of thiazole rings is 1. The summed E-state index contributed by atoms with van der Waals surface area (Å²) >= 11 is 0.284. The Kier molecular flexibility index (Phi) is 2.46. The highest BCUT2D eigenvalue weighted by Crippen LogP contribution is 2.31. The second-order valence-electron chi connectivity index (χ2n) is 2.02. The van der Waals surface area contributed by atoms with Gasteiger partial charge in [0.1, 0.15) is 5.69 Å². The van der Waals surface area contributed by atoms with Gasteiger partial charge in [0.15, 0.2) is 11.3 Å². The number of aromatic nitrogens is 1. The van der Waals surface area contributed by atoms with Gasteiger partial charge >= 0.3 is 6.18 Å². The van der Waals surface area contributed by atoms with Crippen LogP contribution in [0.2, 0.25) is 0 Å². The van der Waals surface area contributed by atoms with Gasteiger partial charge in [0, 0.05) is 5.38 Å². The van der Waals surface area contributed by atoms with E-state index in [0.29, 0.717) is 0 Å². The van der Waals surface area contributed by atoms with E-state index in [1.165, 1.54) is 0 Å². The second kappa shape index (κ2) is 3.25. The van der Waals surface area contributed by atoms with Crippen molar-refractivity contribution in [3.63, 3.8) is 0 Å². The van der Waals surface area contributed by atoms with E-state index in [2.05, 4.69) is 4.98 Å². The minimum Gasteiger partial charge on any atom is -0.294 e. The fourth-order valence-electron chi connectivity index (χ4n) is 0.577. The minimum atomic E-state index is -4.56. The van der Waals surface area contributed by atoms with Crippen molar-refractivity contribution < 1.29 is 22.8 Å². The molecule has 0 amide bonds. The van der Waals surface area contributed by atoms with Gasteiger partial charge in [-0.1, -0.05) is 0 Å². The van der Waals surface area contributed by atoms with Crippen molar-refractivity contribution in [1.82, 2.24) is 4.98 Å². The minimum absolute atomic E-state index is 0.0742. The van der Waals surface area contributed by atoms with Crippen LogP contribution in [0.15, 0.2) is 5.38 Å². The molecule has 13 heavy (non-hydrogen) atoms. The molecule has 1 rings (SSSR count). The average molecular weight is 209 g/mol. The molecule has 70 valence electrons. The molecule has 0 spiro atoms. The molecule has 0 saturated carbocycles. The van der Waals surface area contributed by atoms with Gasteiger partial charge in [-0.15, -0.1) is 11.3 Å². The third-order valence-electron chi connectivity index (χ3n) is 1.11. The van der Waals surface area contributed by atoms with Crippen LogP contribution >= 0.6 is 11.3 Å². The van der Waals surface area contributed by atoms with Gasteiger partial charge < -0.3 is 0 Å². The SMILES string of the molecule is O=CC(=O)c1csc(C(F)(F)F)n1. The molecule has 0 saturated heterocycles. The van der Waals surface area contributed by atoms with Gasteiger partial charge in [-0.05, 0) is 0 Å². The molecule has 3 nitrogen and oxygen atoms in total. The number of rotatable bonds is 2. The lowest BCUT2D eigenvalue weighted by molar-refractivity contribution is -0.137. The van der Waals surface area contributed by atoms with E-state index >= 15 is 0 Å². The summed E-state index contributed by atoms with van der Waals surface area (Å²) in [7, 11) is 0. The van der Waals surface area contributed by atoms with Crippen molar-refractivity contribution >= 4 is 23.4 Å². The normalized spacial score (nSPS) is 11.3. The zero-order chi connectivity index (χ0) is 10.1. The average Bonchev–Trinajstić information content (AvgIpc) is 2.50. The van der Waals surface area contributed by atoms with E-state index in [1.807, 2.05) is 0 Å². The number of nitrogens with zero attached hydrogens (tertiary/aromatic N) is 1. The van der Waals surface area contributed by atoms with Gasteiger partial charge in [-0.25, -0.2) is 4.98 Å². The third-order valence-corrected chi connectivity index (χ3v) is 1.99. The van der Waals surface area contributed by atoms with Crippen molar-refractivity contribution in [3.05, 3.63) is 16.1 Å². The lowest BCUT2D eigenvalue weighted by atomic mass is 10.3. The molecule has 0 aliphatic rings. The molecule has 0 aliphatic heterocycles. The molecule has 7 heteroatoms. The Hall–Kier alpha value is -1.24. The van der Waals surface area contributed by atoms with E-state index in [1.54, 1.807) is 0 Å². The van der Waals surface area contributed by atoms with E-state index in [-0.39, 0.29) is 17.6 Å². The summed E-state index contributed by atoms with van der Waals surface area (Å²) in [6, 6.07) is 0. The molecule has 0 unspecified atom stereocenters. The zero-order valence-electron chi connectivity index (χ0n) is 5.96. The molecule has 0 fully saturated rings. The van der Waals surface area contributed by atoms with Crippen LogP contribution in [-0.2, 0) is 11.0 Å². The Morgan fingerprint density at radius 2 is 2.15 bits per heavy atom. The van der Waals surface area contributed by atoms with Gasteiger partial charge in [0.2, 0.25) is 5.78 Å². The van der Waals surface area contributed by atoms with Crippen LogP contribution in [0.4, 0.5) is 13.2 Å². The quantitative estimate of drug-likeness (QED) is 0.421. The maximum Gasteiger partial charge on any atom is 0.443 e. The molecule has 0 bridgehead atoms. The molecule has 1 aromatic rings. The number of Topliss-reactive ketones (excluding diaryl/α,β-unsaturated/α-hetero) is 1. The van der Waals surface area contributed by atoms with Gasteiger partial charge in [0.25, 0.3) is 0 Å². The first-order valence-electron chi connectivity index (χ1n) is 2.97. The molecule has 1 aromatic heterocycles. The molecule has 1 heterocycles. The van der Waals surface area contributed by atoms with Crippen molar-refractivity contribution in [2.24, 2.45) is 0 Å². The summed E-state index contributed by atoms with van der Waals surface area (Å²) in [5, 5.41) is -0.225. The van der Waals surface area contributed by atoms with E-state index < -0.39 is 22.7 Å². The topological polar surface area (TPSA) is 47.0 Å². The summed E-state index contributed by atoms with van der Waals surface area (Å²) < 4.78 is 35.8. The first kappa shape index (κ1) is 9.85. The number of carbonyl (C=O) groups excluding carboxylic acids is 2. The van der Waals surface area contributed by atoms with Crippen molar-refractivity contribution in [1.29, 1.82) is 0 Å². The standard InChI is InChI=1S/C6H2F3NO2S/c7-6(8,9)5-10-3(2-13-5)4(12)1-11/h1-2H. The predicted molar refractivity (Wildman–Crippen MR) is 37.5 cm³/mol. The Bertz CT molecular complexity index is 344. The second-order valence-corrected chi connectivity index (χ2v) is 2.88. The Balaban J connectivity index is 3.00. The summed E-state index contributed by atoms with van der Waals surface area (Å²) in [6.45, 7) is 0. The van der Waals surface area contributed by atoms with Crippen molar-refractivity contribution in [3.8, 4) is 0 Å². The van der Waals surface area contributed by atoms with Crippen LogP contribution in [-0.4, -0.2) is 17.1 Å². The summed E-state index contributed by atoms with van der Waals surface area (Å²) in [4.78, 5) is 23.4. The molecule has 0 atom stereocenters. The Morgan fingerprint density at radius 1 is 1.54 bits per heavy atom. The predicted octanol–water partition coefficient (Wildman–Crippen LogP) is 1.54. The smallest absolute Gasteiger partial charge is 0.294 e. The summed E-state index contributed by atoms with van der Waals surface area (Å²) in [5.74, 6) is -1.05. The maximum atomic E-state index is 11.9. The monoisotopic (exact) mass is 209 g/mol. The highest BCUT2D eigenvalue weighted by atomic mass is 32.1. The van der Waals surface area contributed by atoms with Crippen LogP contribution in [0, 0.1) is 0 Å². The largest absolute Gasteiger partial charge is 0.443 e.